The Bertz CT molecular complexity index is 768. The second-order valence-corrected chi connectivity index (χ2v) is 5.91. The van der Waals surface area contributed by atoms with Gasteiger partial charge in [-0.3, -0.25) is 0 Å². The number of aryl methyl sites for hydroxylation is 1. The molecule has 0 radical (unpaired) electrons. The minimum Gasteiger partial charge on any atom is -0.357 e. The largest absolute Gasteiger partial charge is 0.357 e. The van der Waals surface area contributed by atoms with Crippen molar-refractivity contribution in [2.24, 2.45) is 0 Å². The van der Waals surface area contributed by atoms with Crippen LogP contribution >= 0.6 is 11.3 Å². The second-order valence-electron chi connectivity index (χ2n) is 4.85. The molecule has 0 unspecified atom stereocenters. The van der Waals surface area contributed by atoms with Crippen LogP contribution in [-0.4, -0.2) is 29.0 Å². The zero-order chi connectivity index (χ0) is 14.8. The number of fused-ring (bicyclic) bond motifs is 1. The molecule has 3 rings (SSSR count). The van der Waals surface area contributed by atoms with Crippen LogP contribution in [0.5, 0.6) is 0 Å². The molecule has 21 heavy (non-hydrogen) atoms. The topological polar surface area (TPSA) is 53.9 Å². The molecule has 0 spiro atoms. The fraction of sp³-hybridized carbons (Fsp3) is 0.267. The lowest BCUT2D eigenvalue weighted by molar-refractivity contribution is 0.873. The molecule has 3 aromatic rings. The Labute approximate surface area is 127 Å². The number of hydrogen-bond acceptors (Lipinski definition) is 6. The van der Waals surface area contributed by atoms with Gasteiger partial charge in [0.05, 0.1) is 22.8 Å². The van der Waals surface area contributed by atoms with Gasteiger partial charge in [0.25, 0.3) is 0 Å². The summed E-state index contributed by atoms with van der Waals surface area (Å²) >= 11 is 1.67. The summed E-state index contributed by atoms with van der Waals surface area (Å²) in [6, 6.07) is 8.05. The molecule has 0 aliphatic rings. The normalized spacial score (nSPS) is 10.8. The van der Waals surface area contributed by atoms with Gasteiger partial charge in [-0.2, -0.15) is 4.98 Å². The SMILES string of the molecule is CNc1nc(N(C)Cc2csc(C)n2)c2ccccc2n1. The van der Waals surface area contributed by atoms with Crippen LogP contribution in [-0.2, 0) is 6.54 Å². The fourth-order valence-electron chi connectivity index (χ4n) is 2.26. The van der Waals surface area contributed by atoms with Gasteiger partial charge < -0.3 is 10.2 Å². The van der Waals surface area contributed by atoms with Crippen molar-refractivity contribution in [1.29, 1.82) is 0 Å². The standard InChI is InChI=1S/C15H17N5S/c1-10-17-11(9-21-10)8-20(3)14-12-6-4-5-7-13(12)18-15(16-2)19-14/h4-7,9H,8H2,1-3H3,(H,16,18,19). The quantitative estimate of drug-likeness (QED) is 0.802. The Kier molecular flexibility index (Phi) is 3.70. The van der Waals surface area contributed by atoms with Crippen LogP contribution in [0.15, 0.2) is 29.6 Å². The zero-order valence-electron chi connectivity index (χ0n) is 12.3. The smallest absolute Gasteiger partial charge is 0.224 e. The predicted molar refractivity (Wildman–Crippen MR) is 88.0 cm³/mol. The number of thiazole rings is 1. The average Bonchev–Trinajstić information content (AvgIpc) is 2.91. The molecular formula is C15H17N5S. The van der Waals surface area contributed by atoms with Crippen molar-refractivity contribution in [2.75, 3.05) is 24.3 Å². The van der Waals surface area contributed by atoms with Gasteiger partial charge in [0.2, 0.25) is 5.95 Å². The van der Waals surface area contributed by atoms with Crippen molar-refractivity contribution in [2.45, 2.75) is 13.5 Å². The van der Waals surface area contributed by atoms with E-state index in [2.05, 4.69) is 30.5 Å². The molecule has 0 fully saturated rings. The van der Waals surface area contributed by atoms with Crippen molar-refractivity contribution in [3.05, 3.63) is 40.3 Å². The molecule has 0 aliphatic carbocycles. The molecule has 5 nitrogen and oxygen atoms in total. The Morgan fingerprint density at radius 3 is 2.71 bits per heavy atom. The Morgan fingerprint density at radius 2 is 2.00 bits per heavy atom. The third-order valence-corrected chi connectivity index (χ3v) is 4.06. The van der Waals surface area contributed by atoms with Gasteiger partial charge in [-0.15, -0.1) is 11.3 Å². The van der Waals surface area contributed by atoms with E-state index in [1.165, 1.54) is 0 Å². The highest BCUT2D eigenvalue weighted by Gasteiger charge is 2.12. The van der Waals surface area contributed by atoms with Crippen LogP contribution in [0.3, 0.4) is 0 Å². The number of hydrogen-bond donors (Lipinski definition) is 1. The fourth-order valence-corrected chi connectivity index (χ4v) is 2.87. The molecule has 0 saturated carbocycles. The predicted octanol–water partition coefficient (Wildman–Crippen LogP) is 3.07. The monoisotopic (exact) mass is 299 g/mol. The first kappa shape index (κ1) is 13.8. The maximum atomic E-state index is 4.60. The summed E-state index contributed by atoms with van der Waals surface area (Å²) in [5.74, 6) is 1.54. The average molecular weight is 299 g/mol. The van der Waals surface area contributed by atoms with Gasteiger partial charge in [-0.1, -0.05) is 12.1 Å². The highest BCUT2D eigenvalue weighted by Crippen LogP contribution is 2.25. The first-order chi connectivity index (χ1) is 10.2. The van der Waals surface area contributed by atoms with E-state index in [9.17, 15) is 0 Å². The van der Waals surface area contributed by atoms with Crippen molar-refractivity contribution in [3.8, 4) is 0 Å². The molecule has 0 saturated heterocycles. The number of para-hydroxylation sites is 1. The Morgan fingerprint density at radius 1 is 1.19 bits per heavy atom. The van der Waals surface area contributed by atoms with E-state index >= 15 is 0 Å². The van der Waals surface area contributed by atoms with Crippen LogP contribution in [0.4, 0.5) is 11.8 Å². The molecular weight excluding hydrogens is 282 g/mol. The summed E-state index contributed by atoms with van der Waals surface area (Å²) in [6.07, 6.45) is 0. The Hall–Kier alpha value is -2.21. The van der Waals surface area contributed by atoms with Crippen molar-refractivity contribution in [1.82, 2.24) is 15.0 Å². The third kappa shape index (κ3) is 2.80. The van der Waals surface area contributed by atoms with Gasteiger partial charge in [0.15, 0.2) is 0 Å². The molecule has 0 bridgehead atoms. The molecule has 0 aliphatic heterocycles. The van der Waals surface area contributed by atoms with Crippen LogP contribution in [0.2, 0.25) is 0 Å². The summed E-state index contributed by atoms with van der Waals surface area (Å²) in [6.45, 7) is 2.75. The van der Waals surface area contributed by atoms with E-state index in [0.717, 1.165) is 34.0 Å². The molecule has 6 heteroatoms. The van der Waals surface area contributed by atoms with Crippen molar-refractivity contribution >= 4 is 34.0 Å². The summed E-state index contributed by atoms with van der Waals surface area (Å²) in [4.78, 5) is 15.7. The zero-order valence-corrected chi connectivity index (χ0v) is 13.1. The van der Waals surface area contributed by atoms with E-state index in [0.29, 0.717) is 5.95 Å². The van der Waals surface area contributed by atoms with E-state index < -0.39 is 0 Å². The van der Waals surface area contributed by atoms with E-state index in [-0.39, 0.29) is 0 Å². The lowest BCUT2D eigenvalue weighted by Crippen LogP contribution is -2.19. The number of aromatic nitrogens is 3. The summed E-state index contributed by atoms with van der Waals surface area (Å²) in [5.41, 5.74) is 2.00. The highest BCUT2D eigenvalue weighted by atomic mass is 32.1. The van der Waals surface area contributed by atoms with Crippen molar-refractivity contribution in [3.63, 3.8) is 0 Å². The van der Waals surface area contributed by atoms with E-state index in [4.69, 9.17) is 0 Å². The first-order valence-electron chi connectivity index (χ1n) is 6.74. The molecule has 0 amide bonds. The lowest BCUT2D eigenvalue weighted by Gasteiger charge is -2.19. The maximum Gasteiger partial charge on any atom is 0.224 e. The van der Waals surface area contributed by atoms with Crippen molar-refractivity contribution < 1.29 is 0 Å². The van der Waals surface area contributed by atoms with Gasteiger partial charge in [-0.05, 0) is 19.1 Å². The number of anilines is 2. The van der Waals surface area contributed by atoms with Crippen LogP contribution in [0.25, 0.3) is 10.9 Å². The van der Waals surface area contributed by atoms with Gasteiger partial charge in [0.1, 0.15) is 5.82 Å². The van der Waals surface area contributed by atoms with Gasteiger partial charge in [0, 0.05) is 24.9 Å². The molecule has 1 N–H and O–H groups in total. The number of nitrogens with zero attached hydrogens (tertiary/aromatic N) is 4. The van der Waals surface area contributed by atoms with Gasteiger partial charge >= 0.3 is 0 Å². The molecule has 0 atom stereocenters. The minimum atomic E-state index is 0.630. The number of rotatable bonds is 4. The van der Waals surface area contributed by atoms with E-state index in [1.807, 2.05) is 45.3 Å². The molecule has 2 aromatic heterocycles. The summed E-state index contributed by atoms with van der Waals surface area (Å²) in [7, 11) is 3.86. The third-order valence-electron chi connectivity index (χ3n) is 3.23. The summed E-state index contributed by atoms with van der Waals surface area (Å²) in [5, 5.41) is 7.24. The Balaban J connectivity index is 2.01. The van der Waals surface area contributed by atoms with Crippen LogP contribution < -0.4 is 10.2 Å². The number of benzene rings is 1. The second kappa shape index (κ2) is 5.65. The molecule has 108 valence electrons. The summed E-state index contributed by atoms with van der Waals surface area (Å²) < 4.78 is 0. The van der Waals surface area contributed by atoms with Crippen LogP contribution in [0, 0.1) is 6.92 Å². The first-order valence-corrected chi connectivity index (χ1v) is 7.62. The highest BCUT2D eigenvalue weighted by molar-refractivity contribution is 7.09. The number of nitrogens with one attached hydrogen (secondary N) is 1. The lowest BCUT2D eigenvalue weighted by atomic mass is 10.2. The molecule has 1 aromatic carbocycles. The minimum absolute atomic E-state index is 0.630. The van der Waals surface area contributed by atoms with E-state index in [1.54, 1.807) is 11.3 Å². The molecule has 2 heterocycles. The van der Waals surface area contributed by atoms with Gasteiger partial charge in [-0.25, -0.2) is 9.97 Å². The maximum absolute atomic E-state index is 4.60. The van der Waals surface area contributed by atoms with Crippen LogP contribution in [0.1, 0.15) is 10.7 Å².